The van der Waals surface area contributed by atoms with Crippen LogP contribution >= 0.6 is 0 Å². The number of aryl methyl sites for hydroxylation is 1. The summed E-state index contributed by atoms with van der Waals surface area (Å²) < 4.78 is 5.10. The first-order valence-corrected chi connectivity index (χ1v) is 9.52. The lowest BCUT2D eigenvalue weighted by Crippen LogP contribution is -2.05. The van der Waals surface area contributed by atoms with Crippen LogP contribution in [0.2, 0.25) is 0 Å². The predicted octanol–water partition coefficient (Wildman–Crippen LogP) is 5.53. The number of nitrogens with one attached hydrogen (secondary N) is 1. The van der Waals surface area contributed by atoms with Crippen LogP contribution in [0, 0.1) is 6.92 Å². The largest absolute Gasteiger partial charge is 0.462 e. The average molecular weight is 383 g/mol. The lowest BCUT2D eigenvalue weighted by Gasteiger charge is -2.12. The SMILES string of the molecule is CCOC(=O)c1cccc(Nc2nc(-c3cccc(C)c3)nc3ccccc23)c1. The molecule has 144 valence electrons. The molecule has 5 heteroatoms. The highest BCUT2D eigenvalue weighted by atomic mass is 16.5. The molecule has 29 heavy (non-hydrogen) atoms. The van der Waals surface area contributed by atoms with Crippen LogP contribution in [-0.2, 0) is 4.74 Å². The molecule has 0 atom stereocenters. The number of anilines is 2. The molecule has 5 nitrogen and oxygen atoms in total. The van der Waals surface area contributed by atoms with Gasteiger partial charge in [0.1, 0.15) is 5.82 Å². The van der Waals surface area contributed by atoms with E-state index < -0.39 is 0 Å². The van der Waals surface area contributed by atoms with Crippen molar-refractivity contribution in [3.63, 3.8) is 0 Å². The molecule has 4 rings (SSSR count). The Morgan fingerprint density at radius 1 is 0.966 bits per heavy atom. The number of nitrogens with zero attached hydrogens (tertiary/aromatic N) is 2. The van der Waals surface area contributed by atoms with E-state index in [1.807, 2.05) is 61.5 Å². The van der Waals surface area contributed by atoms with Crippen molar-refractivity contribution < 1.29 is 9.53 Å². The van der Waals surface area contributed by atoms with E-state index in [-0.39, 0.29) is 5.97 Å². The van der Waals surface area contributed by atoms with E-state index >= 15 is 0 Å². The molecule has 1 N–H and O–H groups in total. The highest BCUT2D eigenvalue weighted by Gasteiger charge is 2.11. The number of carbonyl (C=O) groups excluding carboxylic acids is 1. The van der Waals surface area contributed by atoms with Crippen molar-refractivity contribution in [2.24, 2.45) is 0 Å². The first-order valence-electron chi connectivity index (χ1n) is 9.52. The third-order valence-corrected chi connectivity index (χ3v) is 4.52. The summed E-state index contributed by atoms with van der Waals surface area (Å²) in [4.78, 5) is 21.6. The van der Waals surface area contributed by atoms with Crippen molar-refractivity contribution in [3.05, 3.63) is 83.9 Å². The van der Waals surface area contributed by atoms with E-state index in [4.69, 9.17) is 14.7 Å². The van der Waals surface area contributed by atoms with E-state index in [9.17, 15) is 4.79 Å². The Balaban J connectivity index is 1.77. The summed E-state index contributed by atoms with van der Waals surface area (Å²) in [6.45, 7) is 4.18. The molecule has 0 unspecified atom stereocenters. The zero-order valence-corrected chi connectivity index (χ0v) is 16.3. The summed E-state index contributed by atoms with van der Waals surface area (Å²) in [6.07, 6.45) is 0. The monoisotopic (exact) mass is 383 g/mol. The molecule has 0 radical (unpaired) electrons. The van der Waals surface area contributed by atoms with E-state index in [2.05, 4.69) is 11.4 Å². The Kier molecular flexibility index (Phi) is 5.20. The lowest BCUT2D eigenvalue weighted by molar-refractivity contribution is 0.0526. The Labute approximate surface area is 169 Å². The van der Waals surface area contributed by atoms with Gasteiger partial charge in [-0.25, -0.2) is 14.8 Å². The van der Waals surface area contributed by atoms with Crippen LogP contribution in [0.25, 0.3) is 22.3 Å². The molecule has 0 amide bonds. The van der Waals surface area contributed by atoms with Crippen LogP contribution < -0.4 is 5.32 Å². The van der Waals surface area contributed by atoms with Crippen LogP contribution in [0.1, 0.15) is 22.8 Å². The van der Waals surface area contributed by atoms with Gasteiger partial charge in [0.2, 0.25) is 0 Å². The van der Waals surface area contributed by atoms with Gasteiger partial charge >= 0.3 is 5.97 Å². The molecule has 3 aromatic carbocycles. The Morgan fingerprint density at radius 3 is 2.62 bits per heavy atom. The zero-order valence-electron chi connectivity index (χ0n) is 16.3. The van der Waals surface area contributed by atoms with Gasteiger partial charge in [-0.1, -0.05) is 42.0 Å². The molecule has 0 aliphatic carbocycles. The van der Waals surface area contributed by atoms with E-state index in [0.29, 0.717) is 23.8 Å². The van der Waals surface area contributed by atoms with E-state index in [1.54, 1.807) is 19.1 Å². The van der Waals surface area contributed by atoms with Crippen molar-refractivity contribution >= 4 is 28.4 Å². The van der Waals surface area contributed by atoms with Crippen molar-refractivity contribution in [2.45, 2.75) is 13.8 Å². The maximum atomic E-state index is 12.1. The Morgan fingerprint density at radius 2 is 1.79 bits per heavy atom. The number of aromatic nitrogens is 2. The van der Waals surface area contributed by atoms with Crippen LogP contribution in [0.15, 0.2) is 72.8 Å². The van der Waals surface area contributed by atoms with Gasteiger partial charge in [0, 0.05) is 16.6 Å². The smallest absolute Gasteiger partial charge is 0.338 e. The quantitative estimate of drug-likeness (QED) is 0.459. The molecule has 0 spiro atoms. The fourth-order valence-corrected chi connectivity index (χ4v) is 3.16. The summed E-state index contributed by atoms with van der Waals surface area (Å²) >= 11 is 0. The molecule has 0 saturated carbocycles. The molecule has 1 heterocycles. The summed E-state index contributed by atoms with van der Waals surface area (Å²) in [5.41, 5.74) is 4.21. The van der Waals surface area contributed by atoms with Gasteiger partial charge < -0.3 is 10.1 Å². The third kappa shape index (κ3) is 4.09. The van der Waals surface area contributed by atoms with Crippen LogP contribution in [0.3, 0.4) is 0 Å². The first-order chi connectivity index (χ1) is 14.1. The molecular weight excluding hydrogens is 362 g/mol. The fraction of sp³-hybridized carbons (Fsp3) is 0.125. The summed E-state index contributed by atoms with van der Waals surface area (Å²) in [7, 11) is 0. The van der Waals surface area contributed by atoms with Crippen LogP contribution in [0.4, 0.5) is 11.5 Å². The third-order valence-electron chi connectivity index (χ3n) is 4.52. The van der Waals surface area contributed by atoms with Gasteiger partial charge in [0.15, 0.2) is 5.82 Å². The number of esters is 1. The molecular formula is C24H21N3O2. The normalized spacial score (nSPS) is 10.7. The molecule has 0 saturated heterocycles. The number of rotatable bonds is 5. The average Bonchev–Trinajstić information content (AvgIpc) is 2.74. The fourth-order valence-electron chi connectivity index (χ4n) is 3.16. The van der Waals surface area contributed by atoms with Crippen molar-refractivity contribution in [1.29, 1.82) is 0 Å². The first kappa shape index (κ1) is 18.6. The summed E-state index contributed by atoms with van der Waals surface area (Å²) in [6, 6.07) is 23.2. The maximum Gasteiger partial charge on any atom is 0.338 e. The summed E-state index contributed by atoms with van der Waals surface area (Å²) in [5, 5.41) is 4.26. The number of hydrogen-bond donors (Lipinski definition) is 1. The maximum absolute atomic E-state index is 12.1. The molecule has 4 aromatic rings. The van der Waals surface area contributed by atoms with Gasteiger partial charge in [-0.3, -0.25) is 0 Å². The van der Waals surface area contributed by atoms with Gasteiger partial charge in [0.05, 0.1) is 17.7 Å². The van der Waals surface area contributed by atoms with Gasteiger partial charge in [0.25, 0.3) is 0 Å². The second-order valence-electron chi connectivity index (χ2n) is 6.71. The standard InChI is InChI=1S/C24H21N3O2/c1-3-29-24(28)18-10-7-11-19(15-18)25-23-20-12-4-5-13-21(20)26-22(27-23)17-9-6-8-16(2)14-17/h4-15H,3H2,1-2H3,(H,25,26,27). The van der Waals surface area contributed by atoms with Gasteiger partial charge in [-0.05, 0) is 50.2 Å². The molecule has 0 aliphatic heterocycles. The van der Waals surface area contributed by atoms with Gasteiger partial charge in [-0.15, -0.1) is 0 Å². The number of fused-ring (bicyclic) bond motifs is 1. The van der Waals surface area contributed by atoms with Crippen molar-refractivity contribution in [2.75, 3.05) is 11.9 Å². The molecule has 0 aliphatic rings. The molecule has 1 aromatic heterocycles. The minimum absolute atomic E-state index is 0.340. The predicted molar refractivity (Wildman–Crippen MR) is 115 cm³/mol. The van der Waals surface area contributed by atoms with Crippen LogP contribution in [0.5, 0.6) is 0 Å². The number of carbonyl (C=O) groups is 1. The highest BCUT2D eigenvalue weighted by Crippen LogP contribution is 2.28. The number of para-hydroxylation sites is 1. The Hall–Kier alpha value is -3.73. The number of benzene rings is 3. The molecule has 0 fully saturated rings. The van der Waals surface area contributed by atoms with Crippen LogP contribution in [-0.4, -0.2) is 22.5 Å². The zero-order chi connectivity index (χ0) is 20.2. The lowest BCUT2D eigenvalue weighted by atomic mass is 10.1. The second kappa shape index (κ2) is 8.10. The number of ether oxygens (including phenoxy) is 1. The Bertz CT molecular complexity index is 1190. The minimum atomic E-state index is -0.343. The van der Waals surface area contributed by atoms with E-state index in [1.165, 1.54) is 0 Å². The highest BCUT2D eigenvalue weighted by molar-refractivity contribution is 5.94. The van der Waals surface area contributed by atoms with Crippen molar-refractivity contribution in [1.82, 2.24) is 9.97 Å². The number of hydrogen-bond acceptors (Lipinski definition) is 5. The summed E-state index contributed by atoms with van der Waals surface area (Å²) in [5.74, 6) is 0.994. The van der Waals surface area contributed by atoms with E-state index in [0.717, 1.165) is 27.7 Å². The minimum Gasteiger partial charge on any atom is -0.462 e. The van der Waals surface area contributed by atoms with Crippen molar-refractivity contribution in [3.8, 4) is 11.4 Å². The van der Waals surface area contributed by atoms with Gasteiger partial charge in [-0.2, -0.15) is 0 Å². The topological polar surface area (TPSA) is 64.1 Å². The molecule has 0 bridgehead atoms. The second-order valence-corrected chi connectivity index (χ2v) is 6.71.